The monoisotopic (exact) mass is 279 g/mol. The Kier molecular flexibility index (Phi) is 4.42. The summed E-state index contributed by atoms with van der Waals surface area (Å²) in [5.74, 6) is -2.07. The molecule has 1 aromatic heterocycles. The molecule has 1 aliphatic rings. The van der Waals surface area contributed by atoms with Gasteiger partial charge in [-0.15, -0.1) is 0 Å². The number of carboxylic acid groups (broad SMARTS) is 1. The predicted octanol–water partition coefficient (Wildman–Crippen LogP) is 2.04. The van der Waals surface area contributed by atoms with Crippen molar-refractivity contribution in [2.24, 2.45) is 11.8 Å². The van der Waals surface area contributed by atoms with E-state index in [4.69, 9.17) is 0 Å². The molecule has 1 aromatic rings. The molecule has 2 atom stereocenters. The molecular weight excluding hydrogens is 258 g/mol. The van der Waals surface area contributed by atoms with Crippen LogP contribution in [0.4, 0.5) is 5.69 Å². The van der Waals surface area contributed by atoms with Gasteiger partial charge in [-0.2, -0.15) is 5.10 Å². The maximum Gasteiger partial charge on any atom is 0.307 e. The second-order valence-corrected chi connectivity index (χ2v) is 5.28. The van der Waals surface area contributed by atoms with Gasteiger partial charge in [0, 0.05) is 6.54 Å². The lowest BCUT2D eigenvalue weighted by Crippen LogP contribution is -2.36. The predicted molar refractivity (Wildman–Crippen MR) is 74.4 cm³/mol. The molecule has 0 spiro atoms. The van der Waals surface area contributed by atoms with Gasteiger partial charge in [-0.05, 0) is 26.7 Å². The SMILES string of the molecule is CCn1ncc(NC(=O)C2CCCCC2C(=O)O)c1C. The first-order valence-corrected chi connectivity index (χ1v) is 7.10. The minimum absolute atomic E-state index is 0.198. The Labute approximate surface area is 118 Å². The van der Waals surface area contributed by atoms with E-state index < -0.39 is 17.8 Å². The molecule has 2 rings (SSSR count). The summed E-state index contributed by atoms with van der Waals surface area (Å²) in [6, 6.07) is 0. The van der Waals surface area contributed by atoms with Crippen molar-refractivity contribution in [3.8, 4) is 0 Å². The Balaban J connectivity index is 2.10. The maximum absolute atomic E-state index is 12.3. The minimum atomic E-state index is -0.870. The number of aliphatic carboxylic acids is 1. The van der Waals surface area contributed by atoms with Gasteiger partial charge in [0.2, 0.25) is 5.91 Å². The van der Waals surface area contributed by atoms with E-state index in [2.05, 4.69) is 10.4 Å². The Morgan fingerprint density at radius 1 is 1.40 bits per heavy atom. The van der Waals surface area contributed by atoms with E-state index in [0.29, 0.717) is 18.5 Å². The molecule has 0 bridgehead atoms. The average molecular weight is 279 g/mol. The maximum atomic E-state index is 12.3. The lowest BCUT2D eigenvalue weighted by molar-refractivity contribution is -0.147. The topological polar surface area (TPSA) is 84.2 Å². The minimum Gasteiger partial charge on any atom is -0.481 e. The summed E-state index contributed by atoms with van der Waals surface area (Å²) in [5, 5.41) is 16.2. The largest absolute Gasteiger partial charge is 0.481 e. The average Bonchev–Trinajstić information content (AvgIpc) is 2.79. The number of aryl methyl sites for hydroxylation is 1. The van der Waals surface area contributed by atoms with Crippen molar-refractivity contribution in [2.45, 2.75) is 46.1 Å². The number of carbonyl (C=O) groups is 2. The molecule has 6 nitrogen and oxygen atoms in total. The molecule has 0 aliphatic heterocycles. The first-order chi connectivity index (χ1) is 9.54. The van der Waals surface area contributed by atoms with Gasteiger partial charge in [-0.3, -0.25) is 14.3 Å². The highest BCUT2D eigenvalue weighted by Gasteiger charge is 2.35. The number of nitrogens with one attached hydrogen (secondary N) is 1. The van der Waals surface area contributed by atoms with Crippen molar-refractivity contribution in [1.29, 1.82) is 0 Å². The zero-order valence-electron chi connectivity index (χ0n) is 11.9. The van der Waals surface area contributed by atoms with Crippen LogP contribution >= 0.6 is 0 Å². The first kappa shape index (κ1) is 14.6. The molecule has 20 heavy (non-hydrogen) atoms. The molecule has 6 heteroatoms. The Morgan fingerprint density at radius 3 is 2.60 bits per heavy atom. The zero-order valence-corrected chi connectivity index (χ0v) is 11.9. The number of carbonyl (C=O) groups excluding carboxylic acids is 1. The third-order valence-electron chi connectivity index (χ3n) is 4.08. The Morgan fingerprint density at radius 2 is 2.05 bits per heavy atom. The summed E-state index contributed by atoms with van der Waals surface area (Å²) in [5.41, 5.74) is 1.56. The molecule has 1 fully saturated rings. The van der Waals surface area contributed by atoms with Crippen LogP contribution in [0.15, 0.2) is 6.20 Å². The number of hydrogen-bond donors (Lipinski definition) is 2. The Hall–Kier alpha value is -1.85. The van der Waals surface area contributed by atoms with Crippen molar-refractivity contribution in [3.05, 3.63) is 11.9 Å². The summed E-state index contributed by atoms with van der Waals surface area (Å²) in [7, 11) is 0. The highest BCUT2D eigenvalue weighted by atomic mass is 16.4. The van der Waals surface area contributed by atoms with Gasteiger partial charge in [-0.25, -0.2) is 0 Å². The number of carboxylic acids is 1. The van der Waals surface area contributed by atoms with Gasteiger partial charge < -0.3 is 10.4 Å². The van der Waals surface area contributed by atoms with Crippen molar-refractivity contribution >= 4 is 17.6 Å². The van der Waals surface area contributed by atoms with Crippen LogP contribution in [0.5, 0.6) is 0 Å². The number of anilines is 1. The van der Waals surface area contributed by atoms with Crippen LogP contribution in [-0.2, 0) is 16.1 Å². The van der Waals surface area contributed by atoms with Crippen molar-refractivity contribution in [1.82, 2.24) is 9.78 Å². The number of amides is 1. The fraction of sp³-hybridized carbons (Fsp3) is 0.643. The summed E-state index contributed by atoms with van der Waals surface area (Å²) >= 11 is 0. The summed E-state index contributed by atoms with van der Waals surface area (Å²) in [4.78, 5) is 23.6. The Bertz CT molecular complexity index is 510. The number of rotatable bonds is 4. The highest BCUT2D eigenvalue weighted by Crippen LogP contribution is 2.31. The molecule has 0 aromatic carbocycles. The molecule has 0 radical (unpaired) electrons. The van der Waals surface area contributed by atoms with E-state index in [-0.39, 0.29) is 5.91 Å². The summed E-state index contributed by atoms with van der Waals surface area (Å²) in [6.07, 6.45) is 4.64. The van der Waals surface area contributed by atoms with Gasteiger partial charge in [0.1, 0.15) is 0 Å². The summed E-state index contributed by atoms with van der Waals surface area (Å²) < 4.78 is 1.80. The van der Waals surface area contributed by atoms with Crippen LogP contribution in [0.25, 0.3) is 0 Å². The second-order valence-electron chi connectivity index (χ2n) is 5.28. The van der Waals surface area contributed by atoms with E-state index in [1.807, 2.05) is 13.8 Å². The van der Waals surface area contributed by atoms with Crippen LogP contribution in [0.3, 0.4) is 0 Å². The van der Waals surface area contributed by atoms with Crippen LogP contribution in [0.2, 0.25) is 0 Å². The lowest BCUT2D eigenvalue weighted by Gasteiger charge is -2.27. The standard InChI is InChI=1S/C14H21N3O3/c1-3-17-9(2)12(8-15-17)16-13(18)10-6-4-5-7-11(10)14(19)20/h8,10-11H,3-7H2,1-2H3,(H,16,18)(H,19,20). The van der Waals surface area contributed by atoms with Crippen LogP contribution in [0, 0.1) is 18.8 Å². The zero-order chi connectivity index (χ0) is 14.7. The smallest absolute Gasteiger partial charge is 0.307 e. The molecule has 0 saturated heterocycles. The lowest BCUT2D eigenvalue weighted by atomic mass is 9.78. The van der Waals surface area contributed by atoms with Gasteiger partial charge >= 0.3 is 5.97 Å². The van der Waals surface area contributed by atoms with E-state index in [9.17, 15) is 14.7 Å². The third-order valence-corrected chi connectivity index (χ3v) is 4.08. The molecule has 2 N–H and O–H groups in total. The van der Waals surface area contributed by atoms with Crippen LogP contribution in [0.1, 0.15) is 38.3 Å². The molecule has 1 heterocycles. The van der Waals surface area contributed by atoms with E-state index in [0.717, 1.165) is 25.1 Å². The van der Waals surface area contributed by atoms with Crippen molar-refractivity contribution in [2.75, 3.05) is 5.32 Å². The van der Waals surface area contributed by atoms with Crippen molar-refractivity contribution in [3.63, 3.8) is 0 Å². The van der Waals surface area contributed by atoms with E-state index >= 15 is 0 Å². The van der Waals surface area contributed by atoms with Gasteiger partial charge in [-0.1, -0.05) is 12.8 Å². The molecule has 1 aliphatic carbocycles. The fourth-order valence-corrected chi connectivity index (χ4v) is 2.85. The summed E-state index contributed by atoms with van der Waals surface area (Å²) in [6.45, 7) is 4.61. The first-order valence-electron chi connectivity index (χ1n) is 7.10. The van der Waals surface area contributed by atoms with Gasteiger partial charge in [0.15, 0.2) is 0 Å². The van der Waals surface area contributed by atoms with Crippen molar-refractivity contribution < 1.29 is 14.7 Å². The van der Waals surface area contributed by atoms with Crippen LogP contribution < -0.4 is 5.32 Å². The molecule has 1 saturated carbocycles. The second kappa shape index (κ2) is 6.07. The normalized spacial score (nSPS) is 22.5. The molecule has 110 valence electrons. The van der Waals surface area contributed by atoms with Crippen LogP contribution in [-0.4, -0.2) is 26.8 Å². The molecule has 1 amide bonds. The van der Waals surface area contributed by atoms with Gasteiger partial charge in [0.05, 0.1) is 29.4 Å². The van der Waals surface area contributed by atoms with Gasteiger partial charge in [0.25, 0.3) is 0 Å². The third kappa shape index (κ3) is 2.84. The number of nitrogens with zero attached hydrogens (tertiary/aromatic N) is 2. The molecule has 2 unspecified atom stereocenters. The number of aromatic nitrogens is 2. The molecular formula is C14H21N3O3. The highest BCUT2D eigenvalue weighted by molar-refractivity contribution is 5.95. The van der Waals surface area contributed by atoms with E-state index in [1.165, 1.54) is 0 Å². The number of hydrogen-bond acceptors (Lipinski definition) is 3. The fourth-order valence-electron chi connectivity index (χ4n) is 2.85. The van der Waals surface area contributed by atoms with E-state index in [1.54, 1.807) is 10.9 Å². The quantitative estimate of drug-likeness (QED) is 0.883.